The third-order valence-corrected chi connectivity index (χ3v) is 5.95. The molecule has 4 rings (SSSR count). The van der Waals surface area contributed by atoms with Crippen molar-refractivity contribution in [2.75, 3.05) is 25.0 Å². The number of halogens is 1. The van der Waals surface area contributed by atoms with Crippen molar-refractivity contribution in [3.05, 3.63) is 64.8 Å². The van der Waals surface area contributed by atoms with E-state index in [4.69, 9.17) is 26.0 Å². The van der Waals surface area contributed by atoms with Crippen LogP contribution < -0.4 is 9.64 Å². The summed E-state index contributed by atoms with van der Waals surface area (Å²) in [6, 6.07) is 14.5. The van der Waals surface area contributed by atoms with E-state index in [0.29, 0.717) is 41.9 Å². The predicted octanol–water partition coefficient (Wildman–Crippen LogP) is 4.58. The largest absolute Gasteiger partial charge is 0.489 e. The van der Waals surface area contributed by atoms with Gasteiger partial charge >= 0.3 is 5.97 Å². The van der Waals surface area contributed by atoms with Crippen molar-refractivity contribution >= 4 is 29.2 Å². The topological polar surface area (TPSA) is 96.1 Å². The van der Waals surface area contributed by atoms with Gasteiger partial charge in [-0.25, -0.2) is 0 Å². The molecule has 1 saturated heterocycles. The number of nitrogens with zero attached hydrogens (tertiary/aromatic N) is 3. The maximum atomic E-state index is 12.9. The van der Waals surface area contributed by atoms with Crippen LogP contribution >= 0.6 is 11.6 Å². The third kappa shape index (κ3) is 5.24. The zero-order valence-corrected chi connectivity index (χ0v) is 20.0. The number of anilines is 1. The first kappa shape index (κ1) is 23.8. The normalized spacial score (nSPS) is 14.1. The van der Waals surface area contributed by atoms with Crippen LogP contribution in [-0.2, 0) is 11.3 Å². The minimum absolute atomic E-state index is 0.00895. The summed E-state index contributed by atoms with van der Waals surface area (Å²) in [6.07, 6.45) is -0.00895. The van der Waals surface area contributed by atoms with Crippen molar-refractivity contribution in [3.63, 3.8) is 0 Å². The summed E-state index contributed by atoms with van der Waals surface area (Å²) < 4.78 is 11.1. The second kappa shape index (κ2) is 9.87. The van der Waals surface area contributed by atoms with Gasteiger partial charge in [-0.3, -0.25) is 14.5 Å². The monoisotopic (exact) mass is 483 g/mol. The minimum atomic E-state index is -0.742. The first-order valence-corrected chi connectivity index (χ1v) is 11.3. The van der Waals surface area contributed by atoms with Crippen LogP contribution in [0.2, 0.25) is 5.02 Å². The van der Waals surface area contributed by atoms with Crippen LogP contribution in [0.1, 0.15) is 29.9 Å². The Morgan fingerprint density at radius 3 is 2.53 bits per heavy atom. The molecule has 1 aliphatic heterocycles. The molecule has 1 aliphatic rings. The lowest BCUT2D eigenvalue weighted by Gasteiger charge is -2.36. The van der Waals surface area contributed by atoms with E-state index in [-0.39, 0.29) is 23.6 Å². The number of ether oxygens (including phenoxy) is 1. The molecule has 0 spiro atoms. The SMILES string of the molecule is CC(C)Oc1ccc(N(C)C(=O)c2cc(-c3ccc(CN4CC(C(=O)O)C4)cc3)on2)cc1Cl. The third-order valence-electron chi connectivity index (χ3n) is 5.65. The number of carboxylic acids is 1. The highest BCUT2D eigenvalue weighted by Gasteiger charge is 2.32. The summed E-state index contributed by atoms with van der Waals surface area (Å²) in [5.74, 6) is -0.301. The quantitative estimate of drug-likeness (QED) is 0.501. The van der Waals surface area contributed by atoms with Gasteiger partial charge in [0.05, 0.1) is 17.0 Å². The van der Waals surface area contributed by atoms with Crippen LogP contribution in [-0.4, -0.2) is 53.3 Å². The molecule has 0 saturated carbocycles. The standard InChI is InChI=1S/C25H26ClN3O5/c1-15(2)33-22-9-8-19(10-20(22)26)28(3)24(30)21-11-23(34-27-21)17-6-4-16(5-7-17)12-29-13-18(14-29)25(31)32/h4-11,15,18H,12-14H2,1-3H3,(H,31,32). The van der Waals surface area contributed by atoms with Gasteiger partial charge in [-0.15, -0.1) is 0 Å². The molecule has 0 aliphatic carbocycles. The smallest absolute Gasteiger partial charge is 0.309 e. The molecule has 1 N–H and O–H groups in total. The molecule has 8 nitrogen and oxygen atoms in total. The van der Waals surface area contributed by atoms with Crippen LogP contribution in [0.25, 0.3) is 11.3 Å². The number of benzene rings is 2. The molecule has 1 fully saturated rings. The Labute approximate surface area is 202 Å². The van der Waals surface area contributed by atoms with Crippen molar-refractivity contribution in [3.8, 4) is 17.1 Å². The summed E-state index contributed by atoms with van der Waals surface area (Å²) >= 11 is 6.30. The predicted molar refractivity (Wildman–Crippen MR) is 128 cm³/mol. The molecule has 0 radical (unpaired) electrons. The zero-order chi connectivity index (χ0) is 24.4. The highest BCUT2D eigenvalue weighted by molar-refractivity contribution is 6.32. The molecule has 178 valence electrons. The number of carbonyl (C=O) groups is 2. The molecule has 1 amide bonds. The first-order chi connectivity index (χ1) is 16.2. The minimum Gasteiger partial charge on any atom is -0.489 e. The van der Waals surface area contributed by atoms with Crippen molar-refractivity contribution in [1.82, 2.24) is 10.1 Å². The van der Waals surface area contributed by atoms with Gasteiger partial charge in [-0.05, 0) is 37.6 Å². The molecule has 0 unspecified atom stereocenters. The number of likely N-dealkylation sites (tertiary alicyclic amines) is 1. The van der Waals surface area contributed by atoms with Gasteiger partial charge in [0.2, 0.25) is 0 Å². The number of rotatable bonds is 8. The fourth-order valence-electron chi connectivity index (χ4n) is 3.74. The average Bonchev–Trinajstić information content (AvgIpc) is 3.26. The molecule has 34 heavy (non-hydrogen) atoms. The molecular weight excluding hydrogens is 458 g/mol. The van der Waals surface area contributed by atoms with E-state index in [9.17, 15) is 9.59 Å². The lowest BCUT2D eigenvalue weighted by Crippen LogP contribution is -2.49. The fraction of sp³-hybridized carbons (Fsp3) is 0.320. The molecule has 2 aromatic carbocycles. The van der Waals surface area contributed by atoms with Gasteiger partial charge in [0.25, 0.3) is 5.91 Å². The van der Waals surface area contributed by atoms with Gasteiger partial charge in [-0.2, -0.15) is 0 Å². The molecular formula is C25H26ClN3O5. The number of carboxylic acid groups (broad SMARTS) is 1. The maximum Gasteiger partial charge on any atom is 0.309 e. The zero-order valence-electron chi connectivity index (χ0n) is 19.2. The Hall–Kier alpha value is -3.36. The fourth-order valence-corrected chi connectivity index (χ4v) is 3.96. The Morgan fingerprint density at radius 2 is 1.91 bits per heavy atom. The molecule has 9 heteroatoms. The van der Waals surface area contributed by atoms with Crippen LogP contribution in [0, 0.1) is 5.92 Å². The Balaban J connectivity index is 1.40. The molecule has 0 bridgehead atoms. The summed E-state index contributed by atoms with van der Waals surface area (Å²) in [4.78, 5) is 27.4. The average molecular weight is 484 g/mol. The highest BCUT2D eigenvalue weighted by atomic mass is 35.5. The van der Waals surface area contributed by atoms with Gasteiger partial charge < -0.3 is 19.3 Å². The number of hydrogen-bond donors (Lipinski definition) is 1. The van der Waals surface area contributed by atoms with Crippen molar-refractivity contribution in [1.29, 1.82) is 0 Å². The summed E-state index contributed by atoms with van der Waals surface area (Å²) in [7, 11) is 1.64. The summed E-state index contributed by atoms with van der Waals surface area (Å²) in [6.45, 7) is 5.66. The Kier molecular flexibility index (Phi) is 6.90. The second-order valence-electron chi connectivity index (χ2n) is 8.65. The van der Waals surface area contributed by atoms with Crippen LogP contribution in [0.15, 0.2) is 53.1 Å². The lowest BCUT2D eigenvalue weighted by atomic mass is 9.99. The van der Waals surface area contributed by atoms with E-state index in [1.807, 2.05) is 38.1 Å². The summed E-state index contributed by atoms with van der Waals surface area (Å²) in [5.41, 5.74) is 2.66. The first-order valence-electron chi connectivity index (χ1n) is 11.0. The second-order valence-corrected chi connectivity index (χ2v) is 9.06. The van der Waals surface area contributed by atoms with Gasteiger partial charge in [0.1, 0.15) is 5.75 Å². The maximum absolute atomic E-state index is 12.9. The number of aromatic nitrogens is 1. The van der Waals surface area contributed by atoms with Gasteiger partial charge in [0, 0.05) is 44.0 Å². The number of carbonyl (C=O) groups excluding carboxylic acids is 1. The molecule has 3 aromatic rings. The van der Waals surface area contributed by atoms with E-state index in [2.05, 4.69) is 10.1 Å². The van der Waals surface area contributed by atoms with Crippen molar-refractivity contribution < 1.29 is 24.0 Å². The van der Waals surface area contributed by atoms with Crippen molar-refractivity contribution in [2.24, 2.45) is 5.92 Å². The van der Waals surface area contributed by atoms with E-state index >= 15 is 0 Å². The van der Waals surface area contributed by atoms with Gasteiger partial charge in [0.15, 0.2) is 11.5 Å². The van der Waals surface area contributed by atoms with Crippen molar-refractivity contribution in [2.45, 2.75) is 26.5 Å². The van der Waals surface area contributed by atoms with E-state index in [1.54, 1.807) is 31.3 Å². The van der Waals surface area contributed by atoms with Crippen LogP contribution in [0.3, 0.4) is 0 Å². The van der Waals surface area contributed by atoms with E-state index < -0.39 is 5.97 Å². The van der Waals surface area contributed by atoms with E-state index in [0.717, 1.165) is 11.1 Å². The number of aliphatic carboxylic acids is 1. The van der Waals surface area contributed by atoms with Crippen LogP contribution in [0.4, 0.5) is 5.69 Å². The summed E-state index contributed by atoms with van der Waals surface area (Å²) in [5, 5.41) is 13.4. The number of amides is 1. The van der Waals surface area contributed by atoms with E-state index in [1.165, 1.54) is 4.90 Å². The Bertz CT molecular complexity index is 1190. The van der Waals surface area contributed by atoms with Gasteiger partial charge in [-0.1, -0.05) is 41.0 Å². The molecule has 0 atom stereocenters. The molecule has 2 heterocycles. The lowest BCUT2D eigenvalue weighted by molar-refractivity contribution is -0.147. The highest BCUT2D eigenvalue weighted by Crippen LogP contribution is 2.31. The van der Waals surface area contributed by atoms with Crippen LogP contribution in [0.5, 0.6) is 5.75 Å². The Morgan fingerprint density at radius 1 is 1.21 bits per heavy atom. The number of hydrogen-bond acceptors (Lipinski definition) is 6. The molecule has 1 aromatic heterocycles.